The van der Waals surface area contributed by atoms with E-state index in [0.717, 1.165) is 22.2 Å². The first-order valence-corrected chi connectivity index (χ1v) is 9.41. The Morgan fingerprint density at radius 3 is 2.76 bits per heavy atom. The molecule has 0 bridgehead atoms. The number of rotatable bonds is 4. The highest BCUT2D eigenvalue weighted by molar-refractivity contribution is 8.18. The van der Waals surface area contributed by atoms with E-state index in [-0.39, 0.29) is 22.8 Å². The molecule has 1 saturated heterocycles. The van der Waals surface area contributed by atoms with Crippen molar-refractivity contribution in [2.24, 2.45) is 0 Å². The van der Waals surface area contributed by atoms with Gasteiger partial charge in [-0.1, -0.05) is 12.1 Å². The van der Waals surface area contributed by atoms with Gasteiger partial charge in [0.25, 0.3) is 11.1 Å². The fourth-order valence-corrected chi connectivity index (χ4v) is 3.88. The SMILES string of the molecule is COc1cccc(/C=C2\SC(=O)N(Cc3cc(=O)oc4cc(O)ccc34)C2=O)c1. The lowest BCUT2D eigenvalue weighted by atomic mass is 10.1. The molecule has 2 amide bonds. The molecule has 8 heteroatoms. The lowest BCUT2D eigenvalue weighted by molar-refractivity contribution is -0.123. The number of thioether (sulfide) groups is 1. The molecule has 0 unspecified atom stereocenters. The zero-order valence-corrected chi connectivity index (χ0v) is 16.1. The second-order valence-corrected chi connectivity index (χ2v) is 7.31. The van der Waals surface area contributed by atoms with Crippen molar-refractivity contribution < 1.29 is 23.8 Å². The maximum atomic E-state index is 12.8. The summed E-state index contributed by atoms with van der Waals surface area (Å²) in [4.78, 5) is 38.5. The molecule has 1 aliphatic heterocycles. The third kappa shape index (κ3) is 3.74. The highest BCUT2D eigenvalue weighted by Crippen LogP contribution is 2.34. The number of phenols is 1. The molecule has 4 rings (SSSR count). The number of imide groups is 1. The van der Waals surface area contributed by atoms with Gasteiger partial charge in [-0.15, -0.1) is 0 Å². The van der Waals surface area contributed by atoms with Crippen LogP contribution in [0.25, 0.3) is 17.0 Å². The topological polar surface area (TPSA) is 97.1 Å². The maximum Gasteiger partial charge on any atom is 0.336 e. The highest BCUT2D eigenvalue weighted by Gasteiger charge is 2.35. The van der Waals surface area contributed by atoms with Crippen molar-refractivity contribution in [2.75, 3.05) is 7.11 Å². The molecule has 0 spiro atoms. The average Bonchev–Trinajstić information content (AvgIpc) is 2.95. The number of hydrogen-bond donors (Lipinski definition) is 1. The van der Waals surface area contributed by atoms with Gasteiger partial charge in [-0.05, 0) is 53.2 Å². The van der Waals surface area contributed by atoms with Crippen molar-refractivity contribution in [1.29, 1.82) is 0 Å². The molecule has 0 radical (unpaired) electrons. The molecule has 2 aromatic carbocycles. The minimum absolute atomic E-state index is 0.0508. The monoisotopic (exact) mass is 409 g/mol. The van der Waals surface area contributed by atoms with E-state index >= 15 is 0 Å². The summed E-state index contributed by atoms with van der Waals surface area (Å²) in [6.45, 7) is -0.0764. The smallest absolute Gasteiger partial charge is 0.336 e. The zero-order chi connectivity index (χ0) is 20.5. The molecule has 3 aromatic rings. The zero-order valence-electron chi connectivity index (χ0n) is 15.2. The number of nitrogens with zero attached hydrogens (tertiary/aromatic N) is 1. The van der Waals surface area contributed by atoms with Crippen molar-refractivity contribution in [3.05, 3.63) is 75.0 Å². The first-order chi connectivity index (χ1) is 13.9. The van der Waals surface area contributed by atoms with Crippen LogP contribution in [0.3, 0.4) is 0 Å². The van der Waals surface area contributed by atoms with Gasteiger partial charge in [-0.2, -0.15) is 0 Å². The summed E-state index contributed by atoms with van der Waals surface area (Å²) in [6.07, 6.45) is 1.63. The van der Waals surface area contributed by atoms with E-state index in [2.05, 4.69) is 0 Å². The number of ether oxygens (including phenoxy) is 1. The fraction of sp³-hybridized carbons (Fsp3) is 0.0952. The summed E-state index contributed by atoms with van der Waals surface area (Å²) >= 11 is 0.838. The molecule has 2 heterocycles. The number of carbonyl (C=O) groups is 2. The van der Waals surface area contributed by atoms with Crippen LogP contribution in [-0.2, 0) is 11.3 Å². The van der Waals surface area contributed by atoms with Crippen LogP contribution in [0.15, 0.2) is 62.6 Å². The number of benzene rings is 2. The van der Waals surface area contributed by atoms with Gasteiger partial charge in [0, 0.05) is 17.5 Å². The van der Waals surface area contributed by atoms with Crippen molar-refractivity contribution >= 4 is 40.0 Å². The van der Waals surface area contributed by atoms with Gasteiger partial charge in [0.2, 0.25) is 0 Å². The lowest BCUT2D eigenvalue weighted by Crippen LogP contribution is -2.28. The standard InChI is InChI=1S/C21H15NO6S/c1-27-15-4-2-3-12(7-15)8-18-20(25)22(21(26)29-18)11-13-9-19(24)28-17-10-14(23)5-6-16(13)17/h2-10,23H,11H2,1H3/b18-8-. The van der Waals surface area contributed by atoms with Crippen LogP contribution >= 0.6 is 11.8 Å². The van der Waals surface area contributed by atoms with Crippen molar-refractivity contribution in [3.63, 3.8) is 0 Å². The molecule has 0 atom stereocenters. The second kappa shape index (κ2) is 7.48. The Balaban J connectivity index is 1.66. The van der Waals surface area contributed by atoms with E-state index in [1.165, 1.54) is 18.2 Å². The molecule has 1 N–H and O–H groups in total. The Kier molecular flexibility index (Phi) is 4.85. The number of phenolic OH excluding ortho intramolecular Hbond substituents is 1. The predicted octanol–water partition coefficient (Wildman–Crippen LogP) is 3.74. The van der Waals surface area contributed by atoms with Crippen LogP contribution in [0.5, 0.6) is 11.5 Å². The number of hydrogen-bond acceptors (Lipinski definition) is 7. The van der Waals surface area contributed by atoms with Crippen molar-refractivity contribution in [2.45, 2.75) is 6.54 Å². The summed E-state index contributed by atoms with van der Waals surface area (Å²) in [5.74, 6) is 0.150. The molecule has 7 nitrogen and oxygen atoms in total. The van der Waals surface area contributed by atoms with Crippen LogP contribution < -0.4 is 10.4 Å². The van der Waals surface area contributed by atoms with Gasteiger partial charge in [0.05, 0.1) is 18.6 Å². The molecule has 146 valence electrons. The van der Waals surface area contributed by atoms with E-state index in [9.17, 15) is 19.5 Å². The number of fused-ring (bicyclic) bond motifs is 1. The van der Waals surface area contributed by atoms with Gasteiger partial charge in [0.1, 0.15) is 17.1 Å². The van der Waals surface area contributed by atoms with Crippen molar-refractivity contribution in [1.82, 2.24) is 4.90 Å². The van der Waals surface area contributed by atoms with E-state index in [0.29, 0.717) is 16.7 Å². The van der Waals surface area contributed by atoms with Gasteiger partial charge >= 0.3 is 5.63 Å². The summed E-state index contributed by atoms with van der Waals surface area (Å²) in [7, 11) is 1.55. The number of carbonyl (C=O) groups excluding carboxylic acids is 2. The molecule has 1 aromatic heterocycles. The molecule has 29 heavy (non-hydrogen) atoms. The Bertz CT molecular complexity index is 1230. The van der Waals surface area contributed by atoms with Gasteiger partial charge < -0.3 is 14.3 Å². The van der Waals surface area contributed by atoms with Gasteiger partial charge in [0.15, 0.2) is 0 Å². The maximum absolute atomic E-state index is 12.8. The van der Waals surface area contributed by atoms with Crippen LogP contribution in [-0.4, -0.2) is 28.3 Å². The first kappa shape index (κ1) is 18.8. The Morgan fingerprint density at radius 1 is 1.14 bits per heavy atom. The van der Waals surface area contributed by atoms with Crippen LogP contribution in [0, 0.1) is 0 Å². The second-order valence-electron chi connectivity index (χ2n) is 6.32. The average molecular weight is 409 g/mol. The van der Waals surface area contributed by atoms with Gasteiger partial charge in [-0.3, -0.25) is 14.5 Å². The van der Waals surface area contributed by atoms with E-state index < -0.39 is 16.8 Å². The minimum Gasteiger partial charge on any atom is -0.508 e. The summed E-state index contributed by atoms with van der Waals surface area (Å²) in [5.41, 5.74) is 0.751. The molecule has 1 fully saturated rings. The summed E-state index contributed by atoms with van der Waals surface area (Å²) in [6, 6.07) is 12.7. The van der Waals surface area contributed by atoms with Crippen LogP contribution in [0.4, 0.5) is 4.79 Å². The van der Waals surface area contributed by atoms with Crippen LogP contribution in [0.2, 0.25) is 0 Å². The Morgan fingerprint density at radius 2 is 1.97 bits per heavy atom. The lowest BCUT2D eigenvalue weighted by Gasteiger charge is -2.13. The van der Waals surface area contributed by atoms with Gasteiger partial charge in [-0.25, -0.2) is 4.79 Å². The largest absolute Gasteiger partial charge is 0.508 e. The summed E-state index contributed by atoms with van der Waals surface area (Å²) in [5, 5.41) is 9.71. The van der Waals surface area contributed by atoms with E-state index in [1.807, 2.05) is 0 Å². The molecule has 0 aliphatic carbocycles. The normalized spacial score (nSPS) is 15.5. The Labute approximate surface area is 169 Å². The quantitative estimate of drug-likeness (QED) is 0.518. The minimum atomic E-state index is -0.628. The Hall–Kier alpha value is -3.52. The van der Waals surface area contributed by atoms with Crippen molar-refractivity contribution in [3.8, 4) is 11.5 Å². The highest BCUT2D eigenvalue weighted by atomic mass is 32.2. The van der Waals surface area contributed by atoms with Crippen LogP contribution in [0.1, 0.15) is 11.1 Å². The molecular weight excluding hydrogens is 394 g/mol. The molecular formula is C21H15NO6S. The first-order valence-electron chi connectivity index (χ1n) is 8.60. The van der Waals surface area contributed by atoms with E-state index in [1.54, 1.807) is 43.5 Å². The predicted molar refractivity (Wildman–Crippen MR) is 109 cm³/mol. The van der Waals surface area contributed by atoms with E-state index in [4.69, 9.17) is 9.15 Å². The molecule has 0 saturated carbocycles. The number of methoxy groups -OCH3 is 1. The third-order valence-electron chi connectivity index (χ3n) is 4.41. The number of amides is 2. The number of aromatic hydroxyl groups is 1. The summed E-state index contributed by atoms with van der Waals surface area (Å²) < 4.78 is 10.3. The third-order valence-corrected chi connectivity index (χ3v) is 5.31. The molecule has 1 aliphatic rings. The fourth-order valence-electron chi connectivity index (χ4n) is 3.04.